The second kappa shape index (κ2) is 6.60. The predicted octanol–water partition coefficient (Wildman–Crippen LogP) is 5.90. The van der Waals surface area contributed by atoms with Crippen molar-refractivity contribution in [2.45, 2.75) is 104 Å². The molecule has 2 nitrogen and oxygen atoms in total. The Balaban J connectivity index is 1.36. The van der Waals surface area contributed by atoms with E-state index in [1.54, 1.807) is 5.57 Å². The topological polar surface area (TPSA) is 23.5 Å². The minimum Gasteiger partial charge on any atom is -0.393 e. The van der Waals surface area contributed by atoms with Crippen LogP contribution in [-0.2, 0) is 0 Å². The van der Waals surface area contributed by atoms with Crippen molar-refractivity contribution in [3.05, 3.63) is 11.6 Å². The van der Waals surface area contributed by atoms with Crippen LogP contribution in [0.15, 0.2) is 11.6 Å². The molecule has 0 aromatic rings. The van der Waals surface area contributed by atoms with Crippen LogP contribution in [0.1, 0.15) is 86.0 Å². The number of rotatable bonds is 0. The summed E-state index contributed by atoms with van der Waals surface area (Å²) in [6.07, 6.45) is 12.8. The van der Waals surface area contributed by atoms with Crippen molar-refractivity contribution in [2.75, 3.05) is 6.54 Å². The van der Waals surface area contributed by atoms with Gasteiger partial charge in [0.05, 0.1) is 6.10 Å². The van der Waals surface area contributed by atoms with Gasteiger partial charge < -0.3 is 5.11 Å². The summed E-state index contributed by atoms with van der Waals surface area (Å²) in [6.45, 7) is 14.4. The summed E-state index contributed by atoms with van der Waals surface area (Å²) < 4.78 is 0. The number of nitrogens with zero attached hydrogens (tertiary/aromatic N) is 1. The van der Waals surface area contributed by atoms with Gasteiger partial charge >= 0.3 is 0 Å². The Morgan fingerprint density at radius 3 is 2.60 bits per heavy atom. The molecule has 0 amide bonds. The smallest absolute Gasteiger partial charge is 0.0577 e. The molecule has 12 unspecified atom stereocenters. The van der Waals surface area contributed by atoms with Crippen molar-refractivity contribution in [3.8, 4) is 0 Å². The standard InChI is InChI=1S/C28H45NO/c1-16-6-9-24-18(3)26-25(29(24)15-16)14-23-21-8-7-19-13-20(30)10-11-27(19,4)22(21)12-17(2)28(23,26)5/h7,16-18,20-26,30H,6,8-15H2,1-5H3. The van der Waals surface area contributed by atoms with Crippen molar-refractivity contribution in [1.29, 1.82) is 0 Å². The first-order valence-corrected chi connectivity index (χ1v) is 13.4. The summed E-state index contributed by atoms with van der Waals surface area (Å²) in [5.41, 5.74) is 2.51. The highest BCUT2D eigenvalue weighted by Crippen LogP contribution is 2.71. The molecular formula is C28H45NO. The molecule has 6 rings (SSSR count). The molecule has 0 spiro atoms. The Kier molecular flexibility index (Phi) is 4.46. The maximum atomic E-state index is 10.3. The Hall–Kier alpha value is -0.340. The van der Waals surface area contributed by atoms with Crippen LogP contribution in [0.4, 0.5) is 0 Å². The zero-order valence-corrected chi connectivity index (χ0v) is 20.1. The molecule has 168 valence electrons. The van der Waals surface area contributed by atoms with Crippen LogP contribution in [0, 0.1) is 52.3 Å². The molecule has 2 heteroatoms. The lowest BCUT2D eigenvalue weighted by Gasteiger charge is -2.60. The third-order valence-corrected chi connectivity index (χ3v) is 12.3. The lowest BCUT2D eigenvalue weighted by atomic mass is 9.44. The Morgan fingerprint density at radius 1 is 1.00 bits per heavy atom. The van der Waals surface area contributed by atoms with E-state index in [-0.39, 0.29) is 6.10 Å². The average Bonchev–Trinajstić information content (AvgIpc) is 3.17. The quantitative estimate of drug-likeness (QED) is 0.502. The Labute approximate surface area is 184 Å². The largest absolute Gasteiger partial charge is 0.393 e. The summed E-state index contributed by atoms with van der Waals surface area (Å²) in [5.74, 6) is 6.16. The van der Waals surface area contributed by atoms with Gasteiger partial charge in [0.1, 0.15) is 0 Å². The molecule has 2 saturated heterocycles. The average molecular weight is 412 g/mol. The normalized spacial score (nSPS) is 60.1. The molecule has 0 radical (unpaired) electrons. The molecule has 1 N–H and O–H groups in total. The number of aliphatic hydroxyl groups is 1. The first kappa shape index (κ1) is 20.3. The monoisotopic (exact) mass is 411 g/mol. The van der Waals surface area contributed by atoms with Crippen LogP contribution >= 0.6 is 0 Å². The molecular weight excluding hydrogens is 366 g/mol. The van der Waals surface area contributed by atoms with Crippen molar-refractivity contribution in [1.82, 2.24) is 4.90 Å². The second-order valence-electron chi connectivity index (χ2n) is 13.3. The summed E-state index contributed by atoms with van der Waals surface area (Å²) in [6, 6.07) is 1.73. The summed E-state index contributed by atoms with van der Waals surface area (Å²) in [4.78, 5) is 3.03. The van der Waals surface area contributed by atoms with Gasteiger partial charge in [0.25, 0.3) is 0 Å². The van der Waals surface area contributed by atoms with E-state index in [2.05, 4.69) is 45.6 Å². The Bertz CT molecular complexity index is 745. The zero-order valence-electron chi connectivity index (χ0n) is 20.1. The fourth-order valence-corrected chi connectivity index (χ4v) is 10.7. The molecule has 30 heavy (non-hydrogen) atoms. The minimum absolute atomic E-state index is 0.0862. The van der Waals surface area contributed by atoms with E-state index in [9.17, 15) is 5.11 Å². The predicted molar refractivity (Wildman–Crippen MR) is 123 cm³/mol. The number of aliphatic hydroxyl groups excluding tert-OH is 1. The molecule has 0 bridgehead atoms. The fourth-order valence-electron chi connectivity index (χ4n) is 10.7. The van der Waals surface area contributed by atoms with Crippen molar-refractivity contribution < 1.29 is 5.11 Å². The van der Waals surface area contributed by atoms with Crippen LogP contribution in [0.25, 0.3) is 0 Å². The number of fused-ring (bicyclic) bond motifs is 9. The van der Waals surface area contributed by atoms with E-state index in [4.69, 9.17) is 0 Å². The van der Waals surface area contributed by atoms with E-state index in [1.165, 1.54) is 45.1 Å². The van der Waals surface area contributed by atoms with Gasteiger partial charge in [-0.2, -0.15) is 0 Å². The molecule has 2 heterocycles. The summed E-state index contributed by atoms with van der Waals surface area (Å²) in [7, 11) is 0. The van der Waals surface area contributed by atoms with Crippen LogP contribution in [0.5, 0.6) is 0 Å². The van der Waals surface area contributed by atoms with E-state index >= 15 is 0 Å². The van der Waals surface area contributed by atoms with Crippen LogP contribution in [0.2, 0.25) is 0 Å². The number of hydrogen-bond donors (Lipinski definition) is 1. The van der Waals surface area contributed by atoms with Gasteiger partial charge in [0, 0.05) is 18.6 Å². The maximum Gasteiger partial charge on any atom is 0.0577 e. The van der Waals surface area contributed by atoms with Gasteiger partial charge in [-0.1, -0.05) is 46.3 Å². The van der Waals surface area contributed by atoms with Crippen LogP contribution < -0.4 is 0 Å². The molecule has 4 aliphatic carbocycles. The number of allylic oxidation sites excluding steroid dienone is 1. The van der Waals surface area contributed by atoms with Gasteiger partial charge in [-0.3, -0.25) is 4.90 Å². The SMILES string of the molecule is CC1CCC2C(C)C3C(CC4C5CC=C6CC(O)CCC6(C)C5CC(C)C43C)N2C1. The van der Waals surface area contributed by atoms with Gasteiger partial charge in [-0.05, 0) is 104 Å². The highest BCUT2D eigenvalue weighted by Gasteiger charge is 2.68. The molecule has 2 aliphatic heterocycles. The third kappa shape index (κ3) is 2.45. The van der Waals surface area contributed by atoms with Gasteiger partial charge in [-0.25, -0.2) is 0 Å². The lowest BCUT2D eigenvalue weighted by Crippen LogP contribution is -2.54. The first-order chi connectivity index (χ1) is 14.2. The van der Waals surface area contributed by atoms with E-state index in [1.807, 2.05) is 0 Å². The summed E-state index contributed by atoms with van der Waals surface area (Å²) in [5, 5.41) is 10.3. The Morgan fingerprint density at radius 2 is 1.80 bits per heavy atom. The maximum absolute atomic E-state index is 10.3. The van der Waals surface area contributed by atoms with E-state index < -0.39 is 0 Å². The zero-order chi connectivity index (χ0) is 21.0. The molecule has 0 aromatic carbocycles. The van der Waals surface area contributed by atoms with Gasteiger partial charge in [0.2, 0.25) is 0 Å². The van der Waals surface area contributed by atoms with E-state index in [0.717, 1.165) is 66.4 Å². The van der Waals surface area contributed by atoms with Crippen molar-refractivity contribution in [2.24, 2.45) is 52.3 Å². The van der Waals surface area contributed by atoms with Crippen LogP contribution in [-0.4, -0.2) is 34.7 Å². The lowest BCUT2D eigenvalue weighted by molar-refractivity contribution is -0.0914. The fraction of sp³-hybridized carbons (Fsp3) is 0.929. The number of hydrogen-bond acceptors (Lipinski definition) is 2. The second-order valence-corrected chi connectivity index (χ2v) is 13.3. The van der Waals surface area contributed by atoms with Crippen LogP contribution in [0.3, 0.4) is 0 Å². The molecule has 3 saturated carbocycles. The summed E-state index contributed by atoms with van der Waals surface area (Å²) >= 11 is 0. The highest BCUT2D eigenvalue weighted by molar-refractivity contribution is 5.27. The van der Waals surface area contributed by atoms with Gasteiger partial charge in [-0.15, -0.1) is 0 Å². The minimum atomic E-state index is -0.0862. The van der Waals surface area contributed by atoms with E-state index in [0.29, 0.717) is 10.8 Å². The first-order valence-electron chi connectivity index (χ1n) is 13.4. The highest BCUT2D eigenvalue weighted by atomic mass is 16.3. The molecule has 12 atom stereocenters. The van der Waals surface area contributed by atoms with Crippen molar-refractivity contribution in [3.63, 3.8) is 0 Å². The van der Waals surface area contributed by atoms with Gasteiger partial charge in [0.15, 0.2) is 0 Å². The van der Waals surface area contributed by atoms with Crippen molar-refractivity contribution >= 4 is 0 Å². The number of piperidine rings is 1. The molecule has 6 aliphatic rings. The molecule has 5 fully saturated rings. The third-order valence-electron chi connectivity index (χ3n) is 12.3. The molecule has 0 aromatic heterocycles.